The van der Waals surface area contributed by atoms with E-state index in [0.29, 0.717) is 0 Å². The number of unbranched alkanes of at least 4 members (excludes halogenated alkanes) is 9. The van der Waals surface area contributed by atoms with Gasteiger partial charge in [0.1, 0.15) is 10.3 Å². The molecule has 0 radical (unpaired) electrons. The van der Waals surface area contributed by atoms with E-state index in [0.717, 1.165) is 34.4 Å². The molecule has 0 amide bonds. The molecule has 0 saturated heterocycles. The van der Waals surface area contributed by atoms with Crippen LogP contribution < -0.4 is 0 Å². The molecule has 0 atom stereocenters. The van der Waals surface area contributed by atoms with E-state index in [2.05, 4.69) is 59.8 Å². The lowest BCUT2D eigenvalue weighted by molar-refractivity contribution is 0.503. The molecule has 3 nitrogen and oxygen atoms in total. The number of halogens is 2. The van der Waals surface area contributed by atoms with Crippen LogP contribution >= 0.6 is 31.9 Å². The van der Waals surface area contributed by atoms with E-state index in [1.54, 1.807) is 0 Å². The minimum Gasteiger partial charge on any atom is -0.238 e. The summed E-state index contributed by atoms with van der Waals surface area (Å²) < 4.78 is 2.89. The lowest BCUT2D eigenvalue weighted by Crippen LogP contribution is -2.00. The van der Waals surface area contributed by atoms with Crippen molar-refractivity contribution in [1.29, 1.82) is 0 Å². The Morgan fingerprint density at radius 3 is 2.22 bits per heavy atom. The van der Waals surface area contributed by atoms with Gasteiger partial charge in [0.05, 0.1) is 0 Å². The first-order valence-corrected chi connectivity index (χ1v) is 11.7. The molecule has 2 aromatic rings. The third kappa shape index (κ3) is 7.43. The summed E-state index contributed by atoms with van der Waals surface area (Å²) in [5.74, 6) is 3.07. The van der Waals surface area contributed by atoms with Crippen LogP contribution in [0.2, 0.25) is 0 Å². The van der Waals surface area contributed by atoms with Crippen LogP contribution in [-0.4, -0.2) is 15.0 Å². The molecule has 146 valence electrons. The number of hydrogen-bond acceptors (Lipinski definition) is 2. The normalized spacial score (nSPS) is 10.6. The first-order chi connectivity index (χ1) is 13.3. The fourth-order valence-corrected chi connectivity index (χ4v) is 3.96. The molecule has 0 bridgehead atoms. The molecule has 0 aliphatic carbocycles. The van der Waals surface area contributed by atoms with Crippen LogP contribution in [0.25, 0.3) is 11.3 Å². The van der Waals surface area contributed by atoms with Crippen molar-refractivity contribution in [2.45, 2.75) is 77.7 Å². The van der Waals surface area contributed by atoms with Crippen molar-refractivity contribution in [2.24, 2.45) is 0 Å². The second-order valence-electron chi connectivity index (χ2n) is 6.90. The average Bonchev–Trinajstić information content (AvgIpc) is 3.04. The van der Waals surface area contributed by atoms with Crippen molar-refractivity contribution >= 4 is 31.9 Å². The van der Waals surface area contributed by atoms with Gasteiger partial charge in [0.15, 0.2) is 0 Å². The molecule has 27 heavy (non-hydrogen) atoms. The minimum atomic E-state index is 0.855. The smallest absolute Gasteiger partial charge is 0.132 e. The first kappa shape index (κ1) is 22.2. The molecule has 0 unspecified atom stereocenters. The summed E-state index contributed by atoms with van der Waals surface area (Å²) in [6.45, 7) is 3.17. The van der Waals surface area contributed by atoms with Gasteiger partial charge < -0.3 is 0 Å². The fourth-order valence-electron chi connectivity index (χ4n) is 3.21. The van der Waals surface area contributed by atoms with Gasteiger partial charge in [-0.2, -0.15) is 0 Å². The zero-order valence-corrected chi connectivity index (χ0v) is 19.4. The quantitative estimate of drug-likeness (QED) is 0.228. The second kappa shape index (κ2) is 13.1. The van der Waals surface area contributed by atoms with Gasteiger partial charge in [0.2, 0.25) is 0 Å². The molecule has 0 spiro atoms. The Labute approximate surface area is 180 Å². The number of aryl methyl sites for hydroxylation is 1. The van der Waals surface area contributed by atoms with E-state index in [1.165, 1.54) is 57.8 Å². The molecule has 0 aliphatic heterocycles. The van der Waals surface area contributed by atoms with Crippen LogP contribution in [0.4, 0.5) is 0 Å². The average molecular weight is 495 g/mol. The number of rotatable bonds is 12. The maximum atomic E-state index is 4.38. The summed E-state index contributed by atoms with van der Waals surface area (Å²) in [7, 11) is 0. The number of nitrogens with zero attached hydrogens (tertiary/aromatic N) is 3. The maximum Gasteiger partial charge on any atom is 0.132 e. The van der Waals surface area contributed by atoms with Crippen LogP contribution in [0.3, 0.4) is 0 Å². The van der Waals surface area contributed by atoms with Crippen LogP contribution in [0.1, 0.15) is 76.7 Å². The van der Waals surface area contributed by atoms with Gasteiger partial charge in [-0.1, -0.05) is 94.0 Å². The fraction of sp³-hybridized carbons (Fsp3) is 0.545. The predicted octanol–water partition coefficient (Wildman–Crippen LogP) is 7.33. The van der Waals surface area contributed by atoms with Crippen molar-refractivity contribution < 1.29 is 0 Å². The highest BCUT2D eigenvalue weighted by molar-refractivity contribution is 9.12. The van der Waals surface area contributed by atoms with Crippen LogP contribution in [-0.2, 0) is 6.54 Å². The van der Waals surface area contributed by atoms with Crippen molar-refractivity contribution in [3.63, 3.8) is 0 Å². The molecule has 1 aromatic heterocycles. The molecule has 1 aromatic carbocycles. The van der Waals surface area contributed by atoms with Crippen molar-refractivity contribution in [3.8, 4) is 22.0 Å². The summed E-state index contributed by atoms with van der Waals surface area (Å²) in [5.41, 5.74) is 2.81. The lowest BCUT2D eigenvalue weighted by Gasteiger charge is -2.05. The van der Waals surface area contributed by atoms with E-state index in [-0.39, 0.29) is 0 Å². The predicted molar refractivity (Wildman–Crippen MR) is 121 cm³/mol. The van der Waals surface area contributed by atoms with E-state index >= 15 is 0 Å². The maximum absolute atomic E-state index is 4.38. The molecular formula is C22H29Br2N3. The SMILES string of the molecule is CCCCCCCCCCCCn1nnc(-c2ccccc2C#CBr)c1Br. The summed E-state index contributed by atoms with van der Waals surface area (Å²) in [5, 5.41) is 8.70. The minimum absolute atomic E-state index is 0.855. The Bertz CT molecular complexity index is 744. The van der Waals surface area contributed by atoms with Crippen molar-refractivity contribution in [2.75, 3.05) is 0 Å². The first-order valence-electron chi connectivity index (χ1n) is 10.1. The van der Waals surface area contributed by atoms with Gasteiger partial charge in [-0.25, -0.2) is 4.68 Å². The third-order valence-electron chi connectivity index (χ3n) is 4.76. The molecule has 0 fully saturated rings. The Morgan fingerprint density at radius 1 is 0.926 bits per heavy atom. The van der Waals surface area contributed by atoms with E-state index < -0.39 is 0 Å². The third-order valence-corrected chi connectivity index (χ3v) is 5.75. The molecule has 0 aliphatic rings. The van der Waals surface area contributed by atoms with Crippen LogP contribution in [0.15, 0.2) is 28.9 Å². The highest BCUT2D eigenvalue weighted by Crippen LogP contribution is 2.28. The monoisotopic (exact) mass is 493 g/mol. The number of benzene rings is 1. The lowest BCUT2D eigenvalue weighted by atomic mass is 10.1. The molecule has 1 heterocycles. The van der Waals surface area contributed by atoms with E-state index in [9.17, 15) is 0 Å². The van der Waals surface area contributed by atoms with Crippen molar-refractivity contribution in [3.05, 3.63) is 34.4 Å². The highest BCUT2D eigenvalue weighted by atomic mass is 79.9. The molecule has 2 rings (SSSR count). The Kier molecular flexibility index (Phi) is 10.8. The topological polar surface area (TPSA) is 30.7 Å². The Morgan fingerprint density at radius 2 is 1.56 bits per heavy atom. The largest absolute Gasteiger partial charge is 0.238 e. The molecule has 5 heteroatoms. The molecule has 0 N–H and O–H groups in total. The molecule has 0 saturated carbocycles. The Hall–Kier alpha value is -1.12. The van der Waals surface area contributed by atoms with Gasteiger partial charge in [-0.05, 0) is 33.2 Å². The van der Waals surface area contributed by atoms with Gasteiger partial charge in [-0.3, -0.25) is 0 Å². The van der Waals surface area contributed by atoms with Gasteiger partial charge >= 0.3 is 0 Å². The van der Waals surface area contributed by atoms with E-state index in [1.807, 2.05) is 28.9 Å². The molecular weight excluding hydrogens is 466 g/mol. The van der Waals surface area contributed by atoms with E-state index in [4.69, 9.17) is 0 Å². The summed E-state index contributed by atoms with van der Waals surface area (Å²) in [6, 6.07) is 8.02. The Balaban J connectivity index is 1.75. The highest BCUT2D eigenvalue weighted by Gasteiger charge is 2.14. The number of aromatic nitrogens is 3. The number of hydrogen-bond donors (Lipinski definition) is 0. The van der Waals surface area contributed by atoms with Crippen LogP contribution in [0, 0.1) is 10.8 Å². The summed E-state index contributed by atoms with van der Waals surface area (Å²) in [6.07, 6.45) is 13.4. The summed E-state index contributed by atoms with van der Waals surface area (Å²) >= 11 is 6.85. The van der Waals surface area contributed by atoms with Gasteiger partial charge in [0, 0.05) is 33.6 Å². The van der Waals surface area contributed by atoms with Gasteiger partial charge in [-0.15, -0.1) is 5.10 Å². The zero-order valence-electron chi connectivity index (χ0n) is 16.2. The van der Waals surface area contributed by atoms with Crippen molar-refractivity contribution in [1.82, 2.24) is 15.0 Å². The summed E-state index contributed by atoms with van der Waals surface area (Å²) in [4.78, 5) is 2.79. The standard InChI is InChI=1S/C22H29Br2N3/c1-2-3-4-5-6-7-8-9-10-13-18-27-22(24)21(25-26-27)20-15-12-11-14-19(20)16-17-23/h11-12,14-15H,2-10,13,18H2,1H3. The zero-order chi connectivity index (χ0) is 19.3. The van der Waals surface area contributed by atoms with Gasteiger partial charge in [0.25, 0.3) is 0 Å². The van der Waals surface area contributed by atoms with Crippen LogP contribution in [0.5, 0.6) is 0 Å². The second-order valence-corrected chi connectivity index (χ2v) is 8.05.